The van der Waals surface area contributed by atoms with Crippen molar-refractivity contribution in [3.05, 3.63) is 24.3 Å². The summed E-state index contributed by atoms with van der Waals surface area (Å²) in [5, 5.41) is 10.0. The van der Waals surface area contributed by atoms with Crippen molar-refractivity contribution in [1.82, 2.24) is 9.80 Å². The van der Waals surface area contributed by atoms with Gasteiger partial charge < -0.3 is 14.9 Å². The van der Waals surface area contributed by atoms with Gasteiger partial charge >= 0.3 is 0 Å². The highest BCUT2D eigenvalue weighted by Crippen LogP contribution is 2.35. The smallest absolute Gasteiger partial charge is 0.237 e. The van der Waals surface area contributed by atoms with E-state index in [1.165, 1.54) is 38.5 Å². The van der Waals surface area contributed by atoms with E-state index in [4.69, 9.17) is 0 Å². The van der Waals surface area contributed by atoms with E-state index < -0.39 is 0 Å². The zero-order valence-electron chi connectivity index (χ0n) is 15.6. The molecule has 1 saturated carbocycles. The number of nitrogens with zero attached hydrogens (tertiary/aromatic N) is 3. The van der Waals surface area contributed by atoms with Crippen LogP contribution in [0.15, 0.2) is 24.3 Å². The minimum Gasteiger partial charge on any atom is -0.506 e. The van der Waals surface area contributed by atoms with Crippen LogP contribution >= 0.6 is 0 Å². The Balaban J connectivity index is 1.31. The van der Waals surface area contributed by atoms with Crippen LogP contribution in [0.5, 0.6) is 5.75 Å². The monoisotopic (exact) mass is 357 g/mol. The fourth-order valence-electron chi connectivity index (χ4n) is 5.09. The van der Waals surface area contributed by atoms with Gasteiger partial charge in [0.05, 0.1) is 12.2 Å². The predicted octanol–water partition coefficient (Wildman–Crippen LogP) is 2.70. The van der Waals surface area contributed by atoms with Crippen LogP contribution in [0.4, 0.5) is 5.69 Å². The van der Waals surface area contributed by atoms with Gasteiger partial charge in [-0.15, -0.1) is 0 Å². The molecule has 1 aromatic rings. The number of para-hydroxylation sites is 2. The van der Waals surface area contributed by atoms with Crippen molar-refractivity contribution >= 4 is 11.6 Å². The molecule has 5 heteroatoms. The highest BCUT2D eigenvalue weighted by Gasteiger charge is 2.36. The van der Waals surface area contributed by atoms with Crippen LogP contribution in [0.3, 0.4) is 0 Å². The molecule has 0 radical (unpaired) electrons. The van der Waals surface area contributed by atoms with Gasteiger partial charge in [-0.3, -0.25) is 9.69 Å². The molecule has 2 unspecified atom stereocenters. The molecule has 1 aliphatic carbocycles. The van der Waals surface area contributed by atoms with E-state index in [0.29, 0.717) is 24.2 Å². The van der Waals surface area contributed by atoms with Crippen LogP contribution in [-0.4, -0.2) is 66.1 Å². The van der Waals surface area contributed by atoms with Gasteiger partial charge in [-0.25, -0.2) is 0 Å². The summed E-state index contributed by atoms with van der Waals surface area (Å²) in [6.07, 6.45) is 7.63. The first-order chi connectivity index (χ1) is 12.7. The van der Waals surface area contributed by atoms with Crippen molar-refractivity contribution in [2.24, 2.45) is 5.92 Å². The molecule has 2 aliphatic heterocycles. The Morgan fingerprint density at radius 2 is 1.69 bits per heavy atom. The molecular formula is C21H31N3O2. The Bertz CT molecular complexity index is 625. The maximum atomic E-state index is 13.0. The van der Waals surface area contributed by atoms with Crippen LogP contribution in [0.2, 0.25) is 0 Å². The van der Waals surface area contributed by atoms with Gasteiger partial charge in [0.15, 0.2) is 0 Å². The zero-order valence-corrected chi connectivity index (χ0v) is 15.6. The topological polar surface area (TPSA) is 47.0 Å². The fourth-order valence-corrected chi connectivity index (χ4v) is 5.09. The predicted molar refractivity (Wildman–Crippen MR) is 103 cm³/mol. The Hall–Kier alpha value is -1.75. The number of fused-ring (bicyclic) bond motifs is 1. The number of aromatic hydroxyl groups is 1. The molecule has 2 heterocycles. The van der Waals surface area contributed by atoms with E-state index in [0.717, 1.165) is 44.3 Å². The van der Waals surface area contributed by atoms with Crippen molar-refractivity contribution in [3.63, 3.8) is 0 Å². The van der Waals surface area contributed by atoms with Gasteiger partial charge in [0.25, 0.3) is 0 Å². The number of carbonyl (C=O) groups is 1. The molecule has 2 atom stereocenters. The van der Waals surface area contributed by atoms with E-state index >= 15 is 0 Å². The van der Waals surface area contributed by atoms with E-state index in [1.807, 2.05) is 18.2 Å². The van der Waals surface area contributed by atoms with Crippen LogP contribution in [0.25, 0.3) is 0 Å². The minimum absolute atomic E-state index is 0.331. The van der Waals surface area contributed by atoms with Gasteiger partial charge in [0, 0.05) is 38.8 Å². The standard InChI is InChI=1S/C21H31N3O2/c25-20-10-4-3-9-19(20)23-14-12-22(13-15-23)16-21(26)24-11-5-7-17-6-1-2-8-18(17)24/h3-4,9-10,17-18,25H,1-2,5-8,11-16H2. The normalized spacial score (nSPS) is 27.2. The van der Waals surface area contributed by atoms with Crippen molar-refractivity contribution in [2.45, 2.75) is 44.6 Å². The second kappa shape index (κ2) is 7.87. The molecule has 3 aliphatic rings. The lowest BCUT2D eigenvalue weighted by atomic mass is 9.78. The van der Waals surface area contributed by atoms with Crippen molar-refractivity contribution < 1.29 is 9.90 Å². The third kappa shape index (κ3) is 3.68. The first-order valence-electron chi connectivity index (χ1n) is 10.3. The maximum absolute atomic E-state index is 13.0. The van der Waals surface area contributed by atoms with E-state index in [9.17, 15) is 9.90 Å². The lowest BCUT2D eigenvalue weighted by molar-refractivity contribution is -0.138. The highest BCUT2D eigenvalue weighted by atomic mass is 16.3. The number of piperidine rings is 1. The van der Waals surface area contributed by atoms with Crippen molar-refractivity contribution in [3.8, 4) is 5.75 Å². The first kappa shape index (κ1) is 17.7. The summed E-state index contributed by atoms with van der Waals surface area (Å²) in [6.45, 7) is 4.98. The Labute approximate surface area is 156 Å². The molecule has 3 fully saturated rings. The second-order valence-electron chi connectivity index (χ2n) is 8.09. The summed E-state index contributed by atoms with van der Waals surface area (Å²) < 4.78 is 0. The molecular weight excluding hydrogens is 326 g/mol. The summed E-state index contributed by atoms with van der Waals surface area (Å²) in [7, 11) is 0. The molecule has 0 bridgehead atoms. The molecule has 1 aromatic carbocycles. The summed E-state index contributed by atoms with van der Waals surface area (Å²) in [4.78, 5) is 19.7. The summed E-state index contributed by atoms with van der Waals surface area (Å²) in [6, 6.07) is 8.02. The Kier molecular flexibility index (Phi) is 5.34. The molecule has 26 heavy (non-hydrogen) atoms. The summed E-state index contributed by atoms with van der Waals surface area (Å²) >= 11 is 0. The summed E-state index contributed by atoms with van der Waals surface area (Å²) in [5.41, 5.74) is 0.902. The van der Waals surface area contributed by atoms with E-state index in [2.05, 4.69) is 14.7 Å². The number of phenolic OH excluding ortho intramolecular Hbond substituents is 1. The average molecular weight is 357 g/mol. The van der Waals surface area contributed by atoms with Crippen molar-refractivity contribution in [2.75, 3.05) is 44.2 Å². The molecule has 142 valence electrons. The van der Waals surface area contributed by atoms with Gasteiger partial charge in [-0.2, -0.15) is 0 Å². The van der Waals surface area contributed by atoms with Gasteiger partial charge in [0.1, 0.15) is 5.75 Å². The molecule has 0 spiro atoms. The molecule has 1 N–H and O–H groups in total. The van der Waals surface area contributed by atoms with Gasteiger partial charge in [-0.05, 0) is 43.7 Å². The number of phenols is 1. The van der Waals surface area contributed by atoms with Crippen LogP contribution in [-0.2, 0) is 4.79 Å². The van der Waals surface area contributed by atoms with Crippen molar-refractivity contribution in [1.29, 1.82) is 0 Å². The number of amides is 1. The van der Waals surface area contributed by atoms with Gasteiger partial charge in [-0.1, -0.05) is 25.0 Å². The summed E-state index contributed by atoms with van der Waals surface area (Å²) in [5.74, 6) is 1.42. The number of hydrogen-bond acceptors (Lipinski definition) is 4. The fraction of sp³-hybridized carbons (Fsp3) is 0.667. The third-order valence-electron chi connectivity index (χ3n) is 6.52. The lowest BCUT2D eigenvalue weighted by Gasteiger charge is -2.45. The molecule has 5 nitrogen and oxygen atoms in total. The van der Waals surface area contributed by atoms with Gasteiger partial charge in [0.2, 0.25) is 5.91 Å². The van der Waals surface area contributed by atoms with E-state index in [-0.39, 0.29) is 0 Å². The SMILES string of the molecule is O=C(CN1CCN(c2ccccc2O)CC1)N1CCCC2CCCCC21. The largest absolute Gasteiger partial charge is 0.506 e. The van der Waals surface area contributed by atoms with Crippen LogP contribution in [0.1, 0.15) is 38.5 Å². The quantitative estimate of drug-likeness (QED) is 0.904. The number of carbonyl (C=O) groups excluding carboxylic acids is 1. The highest BCUT2D eigenvalue weighted by molar-refractivity contribution is 5.79. The van der Waals surface area contributed by atoms with Crippen LogP contribution < -0.4 is 4.90 Å². The first-order valence-corrected chi connectivity index (χ1v) is 10.3. The average Bonchev–Trinajstić information content (AvgIpc) is 2.68. The van der Waals surface area contributed by atoms with E-state index in [1.54, 1.807) is 6.07 Å². The number of hydrogen-bond donors (Lipinski definition) is 1. The second-order valence-corrected chi connectivity index (χ2v) is 8.09. The number of likely N-dealkylation sites (tertiary alicyclic amines) is 1. The third-order valence-corrected chi connectivity index (χ3v) is 6.52. The molecule has 0 aromatic heterocycles. The van der Waals surface area contributed by atoms with Crippen LogP contribution in [0, 0.1) is 5.92 Å². The maximum Gasteiger partial charge on any atom is 0.237 e. The number of rotatable bonds is 3. The minimum atomic E-state index is 0.331. The molecule has 1 amide bonds. The number of benzene rings is 1. The zero-order chi connectivity index (χ0) is 17.9. The Morgan fingerprint density at radius 3 is 2.50 bits per heavy atom. The molecule has 2 saturated heterocycles. The molecule has 4 rings (SSSR count). The number of piperazine rings is 1. The lowest BCUT2D eigenvalue weighted by Crippen LogP contribution is -2.54. The number of anilines is 1. The Morgan fingerprint density at radius 1 is 0.962 bits per heavy atom.